The lowest BCUT2D eigenvalue weighted by Crippen LogP contribution is -2.39. The van der Waals surface area contributed by atoms with E-state index in [2.05, 4.69) is 10.3 Å². The lowest BCUT2D eigenvalue weighted by molar-refractivity contribution is -0.137. The van der Waals surface area contributed by atoms with Crippen LogP contribution >= 0.6 is 21.6 Å². The minimum absolute atomic E-state index is 0.0748. The third-order valence-electron chi connectivity index (χ3n) is 5.30. The van der Waals surface area contributed by atoms with Crippen molar-refractivity contribution in [3.05, 3.63) is 23.9 Å². The Labute approximate surface area is 177 Å². The molecule has 1 aromatic rings. The molecule has 9 heteroatoms. The first kappa shape index (κ1) is 22.6. The second-order valence-electron chi connectivity index (χ2n) is 7.62. The van der Waals surface area contributed by atoms with E-state index in [9.17, 15) is 18.0 Å². The molecular weight excluding hydrogens is 421 g/mol. The molecule has 2 fully saturated rings. The summed E-state index contributed by atoms with van der Waals surface area (Å²) in [5.74, 6) is 1.58. The van der Waals surface area contributed by atoms with Crippen LogP contribution in [-0.4, -0.2) is 34.0 Å². The number of carbonyl (C=O) groups excluding carboxylic acids is 1. The topological polar surface area (TPSA) is 51.2 Å². The van der Waals surface area contributed by atoms with Gasteiger partial charge in [0.2, 0.25) is 11.8 Å². The van der Waals surface area contributed by atoms with Crippen LogP contribution < -0.4 is 10.1 Å². The van der Waals surface area contributed by atoms with Gasteiger partial charge >= 0.3 is 6.18 Å². The smallest absolute Gasteiger partial charge is 0.417 e. The van der Waals surface area contributed by atoms with E-state index >= 15 is 0 Å². The molecule has 0 bridgehead atoms. The second-order valence-corrected chi connectivity index (χ2v) is 10.4. The van der Waals surface area contributed by atoms with E-state index in [-0.39, 0.29) is 23.9 Å². The lowest BCUT2D eigenvalue weighted by Gasteiger charge is -2.29. The van der Waals surface area contributed by atoms with Crippen LogP contribution in [0.15, 0.2) is 18.3 Å². The summed E-state index contributed by atoms with van der Waals surface area (Å²) in [6.45, 7) is 0. The Morgan fingerprint density at radius 3 is 2.59 bits per heavy atom. The first-order valence-corrected chi connectivity index (χ1v) is 12.6. The average Bonchev–Trinajstić information content (AvgIpc) is 3.20. The van der Waals surface area contributed by atoms with Gasteiger partial charge in [0.1, 0.15) is 6.10 Å². The Hall–Kier alpha value is -1.09. The highest BCUT2D eigenvalue weighted by Crippen LogP contribution is 2.39. The number of nitrogens with zero attached hydrogens (tertiary/aromatic N) is 1. The van der Waals surface area contributed by atoms with Crippen LogP contribution in [0, 0.1) is 0 Å². The Balaban J connectivity index is 1.30. The largest absolute Gasteiger partial charge is 0.474 e. The highest BCUT2D eigenvalue weighted by atomic mass is 33.1. The molecule has 4 nitrogen and oxygen atoms in total. The zero-order valence-electron chi connectivity index (χ0n) is 16.2. The Kier molecular flexibility index (Phi) is 8.41. The molecule has 1 unspecified atom stereocenters. The molecule has 1 saturated heterocycles. The van der Waals surface area contributed by atoms with Gasteiger partial charge in [-0.15, -0.1) is 0 Å². The molecule has 1 amide bonds. The molecule has 162 valence electrons. The molecule has 1 aromatic heterocycles. The SMILES string of the molecule is O=C(CCCCC1CCSS1)NC1CCC(Oc2ccc(C(F)(F)F)cn2)CC1. The van der Waals surface area contributed by atoms with Gasteiger partial charge in [-0.2, -0.15) is 13.2 Å². The van der Waals surface area contributed by atoms with Crippen LogP contribution in [0.2, 0.25) is 0 Å². The van der Waals surface area contributed by atoms with Crippen LogP contribution in [0.3, 0.4) is 0 Å². The van der Waals surface area contributed by atoms with Crippen molar-refractivity contribution in [1.82, 2.24) is 10.3 Å². The number of aromatic nitrogens is 1. The van der Waals surface area contributed by atoms with Crippen LogP contribution in [0.25, 0.3) is 0 Å². The Morgan fingerprint density at radius 2 is 1.97 bits per heavy atom. The van der Waals surface area contributed by atoms with E-state index in [4.69, 9.17) is 4.74 Å². The van der Waals surface area contributed by atoms with Crippen molar-refractivity contribution in [3.8, 4) is 5.88 Å². The van der Waals surface area contributed by atoms with E-state index in [1.807, 2.05) is 21.6 Å². The summed E-state index contributed by atoms with van der Waals surface area (Å²) in [6, 6.07) is 2.41. The minimum atomic E-state index is -4.39. The van der Waals surface area contributed by atoms with Gasteiger partial charge in [0, 0.05) is 35.7 Å². The number of ether oxygens (including phenoxy) is 1. The summed E-state index contributed by atoms with van der Waals surface area (Å²) in [5.41, 5.74) is -0.780. The van der Waals surface area contributed by atoms with E-state index in [1.54, 1.807) is 0 Å². The number of carbonyl (C=O) groups is 1. The first-order chi connectivity index (χ1) is 13.9. The fourth-order valence-electron chi connectivity index (χ4n) is 3.64. The van der Waals surface area contributed by atoms with E-state index < -0.39 is 11.7 Å². The number of pyridine rings is 1. The van der Waals surface area contributed by atoms with Gasteiger partial charge in [-0.3, -0.25) is 4.79 Å². The van der Waals surface area contributed by atoms with Gasteiger partial charge in [0.15, 0.2) is 0 Å². The summed E-state index contributed by atoms with van der Waals surface area (Å²) < 4.78 is 43.4. The van der Waals surface area contributed by atoms with Crippen molar-refractivity contribution in [1.29, 1.82) is 0 Å². The van der Waals surface area contributed by atoms with Crippen LogP contribution in [-0.2, 0) is 11.0 Å². The first-order valence-electron chi connectivity index (χ1n) is 10.2. The number of hydrogen-bond donors (Lipinski definition) is 1. The average molecular weight is 449 g/mol. The Bertz CT molecular complexity index is 644. The summed E-state index contributed by atoms with van der Waals surface area (Å²) in [5, 5.41) is 3.87. The predicted molar refractivity (Wildman–Crippen MR) is 111 cm³/mol. The van der Waals surface area contributed by atoms with Crippen LogP contribution in [0.1, 0.15) is 63.4 Å². The standard InChI is InChI=1S/C20H27F3N2O2S2/c21-20(22,23)14-5-10-19(24-13-14)27-16-8-6-15(7-9-16)25-18(26)4-2-1-3-17-11-12-28-29-17/h5,10,13,15-17H,1-4,6-9,11-12H2,(H,25,26). The Morgan fingerprint density at radius 1 is 1.17 bits per heavy atom. The zero-order valence-corrected chi connectivity index (χ0v) is 17.9. The third kappa shape index (κ3) is 7.59. The molecule has 0 radical (unpaired) electrons. The number of amides is 1. The quantitative estimate of drug-likeness (QED) is 0.413. The molecule has 1 N–H and O–H groups in total. The maximum absolute atomic E-state index is 12.6. The number of alkyl halides is 3. The zero-order chi connectivity index (χ0) is 20.7. The van der Waals surface area contributed by atoms with Crippen molar-refractivity contribution in [2.75, 3.05) is 5.75 Å². The van der Waals surface area contributed by atoms with Crippen molar-refractivity contribution < 1.29 is 22.7 Å². The second kappa shape index (κ2) is 10.8. The highest BCUT2D eigenvalue weighted by Gasteiger charge is 2.31. The molecule has 0 aromatic carbocycles. The maximum Gasteiger partial charge on any atom is 0.417 e. The fourth-order valence-corrected chi connectivity index (χ4v) is 6.66. The number of halogens is 3. The van der Waals surface area contributed by atoms with Gasteiger partial charge in [-0.05, 0) is 51.0 Å². The number of rotatable bonds is 8. The molecule has 2 aliphatic rings. The van der Waals surface area contributed by atoms with Gasteiger partial charge < -0.3 is 10.1 Å². The highest BCUT2D eigenvalue weighted by molar-refractivity contribution is 8.77. The van der Waals surface area contributed by atoms with Crippen LogP contribution in [0.4, 0.5) is 13.2 Å². The number of hydrogen-bond acceptors (Lipinski definition) is 5. The maximum atomic E-state index is 12.6. The minimum Gasteiger partial charge on any atom is -0.474 e. The van der Waals surface area contributed by atoms with Crippen LogP contribution in [0.5, 0.6) is 5.88 Å². The molecule has 1 aliphatic heterocycles. The molecule has 29 heavy (non-hydrogen) atoms. The number of nitrogens with one attached hydrogen (secondary N) is 1. The monoisotopic (exact) mass is 448 g/mol. The summed E-state index contributed by atoms with van der Waals surface area (Å²) in [7, 11) is 3.93. The lowest BCUT2D eigenvalue weighted by atomic mass is 9.92. The van der Waals surface area contributed by atoms with E-state index in [0.717, 1.165) is 56.0 Å². The third-order valence-corrected chi connectivity index (χ3v) is 8.30. The summed E-state index contributed by atoms with van der Waals surface area (Å²) in [6.07, 6.45) is 4.57. The van der Waals surface area contributed by atoms with E-state index in [0.29, 0.717) is 6.42 Å². The molecule has 2 heterocycles. The van der Waals surface area contributed by atoms with Gasteiger partial charge in [0.05, 0.1) is 5.56 Å². The van der Waals surface area contributed by atoms with Crippen molar-refractivity contribution in [2.24, 2.45) is 0 Å². The number of unbranched alkanes of at least 4 members (excludes halogenated alkanes) is 1. The predicted octanol–water partition coefficient (Wildman–Crippen LogP) is 5.62. The molecule has 3 rings (SSSR count). The van der Waals surface area contributed by atoms with Crippen molar-refractivity contribution in [2.45, 2.75) is 81.4 Å². The normalized spacial score (nSPS) is 25.0. The van der Waals surface area contributed by atoms with E-state index in [1.165, 1.54) is 24.7 Å². The molecule has 1 saturated carbocycles. The summed E-state index contributed by atoms with van der Waals surface area (Å²) in [4.78, 5) is 15.9. The van der Waals surface area contributed by atoms with Crippen molar-refractivity contribution in [3.63, 3.8) is 0 Å². The van der Waals surface area contributed by atoms with Gasteiger partial charge in [0.25, 0.3) is 0 Å². The molecule has 0 spiro atoms. The molecular formula is C20H27F3N2O2S2. The fraction of sp³-hybridized carbons (Fsp3) is 0.700. The summed E-state index contributed by atoms with van der Waals surface area (Å²) >= 11 is 0. The van der Waals surface area contributed by atoms with Crippen molar-refractivity contribution >= 4 is 27.5 Å². The van der Waals surface area contributed by atoms with Gasteiger partial charge in [-0.1, -0.05) is 28.0 Å². The molecule has 1 atom stereocenters. The van der Waals surface area contributed by atoms with Gasteiger partial charge in [-0.25, -0.2) is 4.98 Å². The molecule has 1 aliphatic carbocycles.